The second-order valence-electron chi connectivity index (χ2n) is 6.59. The molecule has 0 bridgehead atoms. The van der Waals surface area contributed by atoms with Crippen molar-refractivity contribution >= 4 is 35.1 Å². The van der Waals surface area contributed by atoms with Gasteiger partial charge in [0.15, 0.2) is 0 Å². The van der Waals surface area contributed by atoms with Crippen molar-refractivity contribution in [1.29, 1.82) is 0 Å². The highest BCUT2D eigenvalue weighted by Gasteiger charge is 2.40. The predicted molar refractivity (Wildman–Crippen MR) is 101 cm³/mol. The van der Waals surface area contributed by atoms with Gasteiger partial charge in [0.05, 0.1) is 36.3 Å². The summed E-state index contributed by atoms with van der Waals surface area (Å²) in [4.78, 5) is 40.4. The minimum Gasteiger partial charge on any atom is -0.483 e. The Morgan fingerprint density at radius 3 is 2.75 bits per heavy atom. The van der Waals surface area contributed by atoms with Gasteiger partial charge >= 0.3 is 5.97 Å². The molecule has 0 saturated carbocycles. The zero-order valence-corrected chi connectivity index (χ0v) is 15.3. The zero-order valence-electron chi connectivity index (χ0n) is 15.3. The summed E-state index contributed by atoms with van der Waals surface area (Å²) in [6, 6.07) is 8.78. The van der Waals surface area contributed by atoms with Crippen LogP contribution in [0.4, 0.5) is 5.82 Å². The molecule has 2 aliphatic rings. The van der Waals surface area contributed by atoms with Crippen LogP contribution in [0.3, 0.4) is 0 Å². The molecule has 2 fully saturated rings. The number of hydrogen-bond donors (Lipinski definition) is 2. The molecule has 0 unspecified atom stereocenters. The van der Waals surface area contributed by atoms with Gasteiger partial charge in [-0.15, -0.1) is 0 Å². The average molecular weight is 387 g/mol. The van der Waals surface area contributed by atoms with Gasteiger partial charge in [0.1, 0.15) is 5.82 Å². The Morgan fingerprint density at radius 1 is 1.32 bits per heavy atom. The van der Waals surface area contributed by atoms with E-state index >= 15 is 0 Å². The summed E-state index contributed by atoms with van der Waals surface area (Å²) < 4.78 is 5.84. The van der Waals surface area contributed by atoms with Crippen molar-refractivity contribution in [2.75, 3.05) is 31.6 Å². The van der Waals surface area contributed by atoms with Crippen LogP contribution in [0.25, 0.3) is 10.9 Å². The van der Waals surface area contributed by atoms with Crippen molar-refractivity contribution in [3.63, 3.8) is 0 Å². The lowest BCUT2D eigenvalue weighted by atomic mass is 10.1. The Kier molecular flexibility index (Phi) is 5.74. The van der Waals surface area contributed by atoms with Gasteiger partial charge in [0, 0.05) is 25.5 Å². The Balaban J connectivity index is 0.000000706. The topological polar surface area (TPSA) is 120 Å². The van der Waals surface area contributed by atoms with E-state index in [1.165, 1.54) is 0 Å². The van der Waals surface area contributed by atoms with E-state index in [0.717, 1.165) is 0 Å². The quantitative estimate of drug-likeness (QED) is 0.734. The summed E-state index contributed by atoms with van der Waals surface area (Å²) in [6.45, 7) is 1.34. The first-order valence-corrected chi connectivity index (χ1v) is 8.79. The maximum Gasteiger partial charge on any atom is 0.336 e. The summed E-state index contributed by atoms with van der Waals surface area (Å²) in [7, 11) is 1.80. The molecule has 9 heteroatoms. The largest absolute Gasteiger partial charge is 0.483 e. The Hall–Kier alpha value is -3.20. The van der Waals surface area contributed by atoms with Crippen LogP contribution in [0.5, 0.6) is 0 Å². The van der Waals surface area contributed by atoms with E-state index in [0.29, 0.717) is 42.8 Å². The number of hydrogen-bond acceptors (Lipinski definition) is 6. The van der Waals surface area contributed by atoms with Gasteiger partial charge < -0.3 is 24.7 Å². The van der Waals surface area contributed by atoms with Crippen LogP contribution >= 0.6 is 0 Å². The molecule has 0 radical (unpaired) electrons. The van der Waals surface area contributed by atoms with Crippen LogP contribution in [0.15, 0.2) is 30.3 Å². The van der Waals surface area contributed by atoms with E-state index in [9.17, 15) is 14.7 Å². The van der Waals surface area contributed by atoms with Gasteiger partial charge in [-0.1, -0.05) is 18.2 Å². The minimum absolute atomic E-state index is 0.0449. The van der Waals surface area contributed by atoms with Crippen molar-refractivity contribution in [3.8, 4) is 0 Å². The van der Waals surface area contributed by atoms with Crippen LogP contribution in [0.2, 0.25) is 0 Å². The molecule has 2 N–H and O–H groups in total. The lowest BCUT2D eigenvalue weighted by molar-refractivity contribution is -0.130. The van der Waals surface area contributed by atoms with Gasteiger partial charge in [-0.2, -0.15) is 0 Å². The lowest BCUT2D eigenvalue weighted by Gasteiger charge is -2.25. The summed E-state index contributed by atoms with van der Waals surface area (Å²) >= 11 is 0. The number of likely N-dealkylation sites (N-methyl/N-ethyl adjacent to an activating group) is 1. The molecule has 0 aliphatic carbocycles. The first-order chi connectivity index (χ1) is 13.5. The van der Waals surface area contributed by atoms with E-state index in [2.05, 4.69) is 4.98 Å². The fourth-order valence-corrected chi connectivity index (χ4v) is 3.64. The highest BCUT2D eigenvalue weighted by molar-refractivity contribution is 6.03. The molecule has 1 aromatic heterocycles. The van der Waals surface area contributed by atoms with Crippen molar-refractivity contribution < 1.29 is 29.3 Å². The van der Waals surface area contributed by atoms with Gasteiger partial charge in [0.25, 0.3) is 6.47 Å². The molecule has 2 aliphatic heterocycles. The monoisotopic (exact) mass is 387 g/mol. The second-order valence-corrected chi connectivity index (χ2v) is 6.59. The molecule has 148 valence electrons. The molecular weight excluding hydrogens is 366 g/mol. The predicted octanol–water partition coefficient (Wildman–Crippen LogP) is 1.07. The Labute approximate surface area is 161 Å². The molecule has 1 amide bonds. The van der Waals surface area contributed by atoms with Crippen LogP contribution in [-0.4, -0.2) is 77.3 Å². The number of benzene rings is 1. The number of amides is 1. The van der Waals surface area contributed by atoms with Crippen LogP contribution in [-0.2, 0) is 14.3 Å². The van der Waals surface area contributed by atoms with Crippen LogP contribution in [0, 0.1) is 0 Å². The number of aromatic carboxylic acids is 1. The molecule has 28 heavy (non-hydrogen) atoms. The summed E-state index contributed by atoms with van der Waals surface area (Å²) in [5, 5.41) is 17.1. The second kappa shape index (κ2) is 8.22. The summed E-state index contributed by atoms with van der Waals surface area (Å²) in [5.41, 5.74) is 0.882. The van der Waals surface area contributed by atoms with E-state index < -0.39 is 5.97 Å². The van der Waals surface area contributed by atoms with E-state index in [1.54, 1.807) is 30.1 Å². The number of pyridine rings is 1. The fourth-order valence-electron chi connectivity index (χ4n) is 3.64. The molecule has 4 rings (SSSR count). The molecule has 2 saturated heterocycles. The van der Waals surface area contributed by atoms with Crippen molar-refractivity contribution in [1.82, 2.24) is 9.88 Å². The SMILES string of the molecule is CN1C(=O)CCO[C@H]2CN(c3cc(C(=O)O)c4ccccc4n3)C[C@@H]21.O=CO. The Bertz CT molecular complexity index is 902. The number of carboxylic acid groups (broad SMARTS) is 2. The van der Waals surface area contributed by atoms with Gasteiger partial charge in [-0.25, -0.2) is 9.78 Å². The molecule has 3 heterocycles. The number of carboxylic acids is 1. The molecule has 2 atom stereocenters. The third-order valence-electron chi connectivity index (χ3n) is 5.03. The molecule has 1 aromatic carbocycles. The number of carbonyl (C=O) groups is 3. The maximum absolute atomic E-state index is 12.1. The number of rotatable bonds is 2. The molecule has 2 aromatic rings. The number of anilines is 1. The summed E-state index contributed by atoms with van der Waals surface area (Å²) in [6.07, 6.45) is 0.318. The number of para-hydroxylation sites is 1. The van der Waals surface area contributed by atoms with Crippen molar-refractivity contribution in [2.45, 2.75) is 18.6 Å². The average Bonchev–Trinajstić information content (AvgIpc) is 3.05. The van der Waals surface area contributed by atoms with Crippen LogP contribution < -0.4 is 4.90 Å². The normalized spacial score (nSPS) is 21.5. The molecule has 9 nitrogen and oxygen atoms in total. The fraction of sp³-hybridized carbons (Fsp3) is 0.368. The van der Waals surface area contributed by atoms with Gasteiger partial charge in [0.2, 0.25) is 5.91 Å². The van der Waals surface area contributed by atoms with E-state index in [1.807, 2.05) is 17.0 Å². The Morgan fingerprint density at radius 2 is 2.04 bits per heavy atom. The zero-order chi connectivity index (χ0) is 20.3. The standard InChI is InChI=1S/C18H19N3O4.CH2O2/c1-20-14-9-21(10-15(14)25-7-6-17(20)22)16-8-12(18(23)24)11-4-2-3-5-13(11)19-16;2-1-3/h2-5,8,14-15H,6-7,9-10H2,1H3,(H,23,24);1H,(H,2,3)/t14-,15-;/m0./s1. The molecular formula is C19H21N3O6. The van der Waals surface area contributed by atoms with Crippen molar-refractivity contribution in [3.05, 3.63) is 35.9 Å². The van der Waals surface area contributed by atoms with Crippen LogP contribution in [0.1, 0.15) is 16.8 Å². The maximum atomic E-state index is 12.1. The highest BCUT2D eigenvalue weighted by atomic mass is 16.5. The number of fused-ring (bicyclic) bond motifs is 2. The van der Waals surface area contributed by atoms with Gasteiger partial charge in [-0.05, 0) is 12.1 Å². The number of aromatic nitrogens is 1. The van der Waals surface area contributed by atoms with Crippen molar-refractivity contribution in [2.24, 2.45) is 0 Å². The molecule has 0 spiro atoms. The minimum atomic E-state index is -0.975. The third kappa shape index (κ3) is 3.74. The summed E-state index contributed by atoms with van der Waals surface area (Å²) in [5.74, 6) is -0.294. The highest BCUT2D eigenvalue weighted by Crippen LogP contribution is 2.29. The van der Waals surface area contributed by atoms with E-state index in [4.69, 9.17) is 14.6 Å². The third-order valence-corrected chi connectivity index (χ3v) is 5.03. The first kappa shape index (κ1) is 19.6. The number of ether oxygens (including phenoxy) is 1. The lowest BCUT2D eigenvalue weighted by Crippen LogP contribution is -2.42. The smallest absolute Gasteiger partial charge is 0.336 e. The number of carbonyl (C=O) groups excluding carboxylic acids is 1. The van der Waals surface area contributed by atoms with E-state index in [-0.39, 0.29) is 30.1 Å². The first-order valence-electron chi connectivity index (χ1n) is 8.79. The van der Waals surface area contributed by atoms with Gasteiger partial charge in [-0.3, -0.25) is 9.59 Å². The number of nitrogens with zero attached hydrogens (tertiary/aromatic N) is 3.